The lowest BCUT2D eigenvalue weighted by molar-refractivity contribution is -0.121. The van der Waals surface area contributed by atoms with Gasteiger partial charge in [0.1, 0.15) is 0 Å². The summed E-state index contributed by atoms with van der Waals surface area (Å²) in [5, 5.41) is 10.9. The van der Waals surface area contributed by atoms with E-state index in [0.29, 0.717) is 12.8 Å². The molecule has 0 unspecified atom stereocenters. The molecule has 0 aromatic carbocycles. The van der Waals surface area contributed by atoms with Gasteiger partial charge in [-0.2, -0.15) is 0 Å². The predicted octanol–water partition coefficient (Wildman–Crippen LogP) is -1.05. The van der Waals surface area contributed by atoms with Crippen molar-refractivity contribution in [2.75, 3.05) is 13.2 Å². The third-order valence-corrected chi connectivity index (χ3v) is 1.36. The van der Waals surface area contributed by atoms with E-state index in [1.807, 2.05) is 0 Å². The number of carbonyl (C=O) groups is 2. The van der Waals surface area contributed by atoms with E-state index in [1.54, 1.807) is 6.42 Å². The molecular formula is C8H15N2O3. The molecule has 0 saturated heterocycles. The summed E-state index contributed by atoms with van der Waals surface area (Å²) >= 11 is 0. The third-order valence-electron chi connectivity index (χ3n) is 1.36. The first-order valence-electron chi connectivity index (χ1n) is 4.14. The van der Waals surface area contributed by atoms with Crippen LogP contribution in [0.1, 0.15) is 19.3 Å². The summed E-state index contributed by atoms with van der Waals surface area (Å²) in [4.78, 5) is 21.2. The van der Waals surface area contributed by atoms with Crippen LogP contribution in [0.5, 0.6) is 0 Å². The highest BCUT2D eigenvalue weighted by Gasteiger charge is 2.00. The lowest BCUT2D eigenvalue weighted by Gasteiger charge is -2.01. The smallest absolute Gasteiger partial charge is 0.220 e. The predicted molar refractivity (Wildman–Crippen MR) is 47.4 cm³/mol. The number of carbonyl (C=O) groups excluding carboxylic acids is 2. The molecule has 13 heavy (non-hydrogen) atoms. The average molecular weight is 187 g/mol. The van der Waals surface area contributed by atoms with E-state index in [9.17, 15) is 9.59 Å². The highest BCUT2D eigenvalue weighted by atomic mass is 16.3. The van der Waals surface area contributed by atoms with Crippen molar-refractivity contribution in [2.45, 2.75) is 19.3 Å². The van der Waals surface area contributed by atoms with Crippen LogP contribution >= 0.6 is 0 Å². The van der Waals surface area contributed by atoms with Crippen molar-refractivity contribution in [1.29, 1.82) is 0 Å². The Morgan fingerprint density at radius 1 is 1.46 bits per heavy atom. The SMILES string of the molecule is NC(=O)C[CH]CCC(=O)NCCO. The molecule has 0 aliphatic heterocycles. The van der Waals surface area contributed by atoms with Crippen molar-refractivity contribution in [2.24, 2.45) is 5.73 Å². The molecule has 0 bridgehead atoms. The Morgan fingerprint density at radius 3 is 2.69 bits per heavy atom. The second kappa shape index (κ2) is 7.54. The number of amides is 2. The van der Waals surface area contributed by atoms with Crippen molar-refractivity contribution < 1.29 is 14.7 Å². The minimum atomic E-state index is -0.393. The van der Waals surface area contributed by atoms with Crippen molar-refractivity contribution in [3.63, 3.8) is 0 Å². The molecule has 0 atom stereocenters. The summed E-state index contributed by atoms with van der Waals surface area (Å²) in [5.41, 5.74) is 4.89. The Morgan fingerprint density at radius 2 is 2.15 bits per heavy atom. The Kier molecular flexibility index (Phi) is 6.91. The molecule has 0 fully saturated rings. The molecule has 1 radical (unpaired) electrons. The van der Waals surface area contributed by atoms with E-state index < -0.39 is 5.91 Å². The summed E-state index contributed by atoms with van der Waals surface area (Å²) in [7, 11) is 0. The topological polar surface area (TPSA) is 92.4 Å². The van der Waals surface area contributed by atoms with Gasteiger partial charge in [0.15, 0.2) is 0 Å². The van der Waals surface area contributed by atoms with Gasteiger partial charge in [-0.15, -0.1) is 0 Å². The minimum absolute atomic E-state index is 0.0588. The molecule has 0 spiro atoms. The second-order valence-electron chi connectivity index (χ2n) is 2.57. The zero-order chi connectivity index (χ0) is 10.1. The molecule has 4 N–H and O–H groups in total. The number of unbranched alkanes of at least 4 members (excludes halogenated alkanes) is 1. The fourth-order valence-electron chi connectivity index (χ4n) is 0.761. The quantitative estimate of drug-likeness (QED) is 0.444. The van der Waals surface area contributed by atoms with Gasteiger partial charge >= 0.3 is 0 Å². The van der Waals surface area contributed by atoms with Gasteiger partial charge in [0.2, 0.25) is 11.8 Å². The number of aliphatic hydroxyl groups is 1. The fourth-order valence-corrected chi connectivity index (χ4v) is 0.761. The van der Waals surface area contributed by atoms with Gasteiger partial charge in [0.25, 0.3) is 0 Å². The molecule has 0 saturated carbocycles. The fraction of sp³-hybridized carbons (Fsp3) is 0.625. The van der Waals surface area contributed by atoms with Crippen molar-refractivity contribution in [1.82, 2.24) is 5.32 Å². The number of primary amides is 1. The lowest BCUT2D eigenvalue weighted by atomic mass is 10.2. The van der Waals surface area contributed by atoms with Crippen LogP contribution in [0, 0.1) is 6.42 Å². The van der Waals surface area contributed by atoms with Crippen molar-refractivity contribution >= 4 is 11.8 Å². The van der Waals surface area contributed by atoms with E-state index in [4.69, 9.17) is 10.8 Å². The zero-order valence-corrected chi connectivity index (χ0v) is 7.45. The van der Waals surface area contributed by atoms with Crippen LogP contribution in [0.3, 0.4) is 0 Å². The van der Waals surface area contributed by atoms with Crippen LogP contribution in [0.4, 0.5) is 0 Å². The molecule has 75 valence electrons. The number of aliphatic hydroxyl groups excluding tert-OH is 1. The molecule has 0 aliphatic carbocycles. The molecule has 5 nitrogen and oxygen atoms in total. The molecule has 2 amide bonds. The van der Waals surface area contributed by atoms with Gasteiger partial charge in [0, 0.05) is 19.4 Å². The highest BCUT2D eigenvalue weighted by Crippen LogP contribution is 1.96. The van der Waals surface area contributed by atoms with E-state index >= 15 is 0 Å². The van der Waals surface area contributed by atoms with Crippen LogP contribution in [0.2, 0.25) is 0 Å². The Balaban J connectivity index is 3.22. The first-order valence-corrected chi connectivity index (χ1v) is 4.14. The minimum Gasteiger partial charge on any atom is -0.395 e. The molecule has 0 aliphatic rings. The molecule has 0 aromatic rings. The summed E-state index contributed by atoms with van der Waals surface area (Å²) in [6.45, 7) is 0.214. The van der Waals surface area contributed by atoms with E-state index in [1.165, 1.54) is 0 Å². The Bertz CT molecular complexity index is 171. The largest absolute Gasteiger partial charge is 0.395 e. The zero-order valence-electron chi connectivity index (χ0n) is 7.45. The standard InChI is InChI=1S/C8H15N2O3/c9-7(12)3-1-2-4-8(13)10-5-6-11/h1,11H,2-6H2,(H2,9,12)(H,10,13). The van der Waals surface area contributed by atoms with Gasteiger partial charge in [-0.25, -0.2) is 0 Å². The maximum absolute atomic E-state index is 10.9. The van der Waals surface area contributed by atoms with Crippen LogP contribution in [0.25, 0.3) is 0 Å². The molecule has 0 aromatic heterocycles. The number of nitrogens with one attached hydrogen (secondary N) is 1. The van der Waals surface area contributed by atoms with E-state index in [2.05, 4.69) is 5.32 Å². The van der Waals surface area contributed by atoms with Gasteiger partial charge < -0.3 is 16.2 Å². The Hall–Kier alpha value is -1.10. The molecule has 0 rings (SSSR count). The first-order chi connectivity index (χ1) is 6.16. The van der Waals surface area contributed by atoms with Gasteiger partial charge in [-0.1, -0.05) is 0 Å². The maximum Gasteiger partial charge on any atom is 0.220 e. The normalized spacial score (nSPS) is 9.62. The maximum atomic E-state index is 10.9. The van der Waals surface area contributed by atoms with Crippen molar-refractivity contribution in [3.05, 3.63) is 6.42 Å². The Labute approximate surface area is 77.3 Å². The van der Waals surface area contributed by atoms with E-state index in [0.717, 1.165) is 0 Å². The van der Waals surface area contributed by atoms with Gasteiger partial charge in [-0.05, 0) is 12.8 Å². The van der Waals surface area contributed by atoms with Gasteiger partial charge in [-0.3, -0.25) is 9.59 Å². The molecular weight excluding hydrogens is 172 g/mol. The molecule has 5 heteroatoms. The summed E-state index contributed by atoms with van der Waals surface area (Å²) in [5.74, 6) is -0.523. The lowest BCUT2D eigenvalue weighted by Crippen LogP contribution is -2.26. The van der Waals surface area contributed by atoms with Crippen LogP contribution in [0.15, 0.2) is 0 Å². The van der Waals surface area contributed by atoms with Crippen LogP contribution in [-0.2, 0) is 9.59 Å². The van der Waals surface area contributed by atoms with Crippen LogP contribution < -0.4 is 11.1 Å². The van der Waals surface area contributed by atoms with Crippen LogP contribution in [-0.4, -0.2) is 30.1 Å². The van der Waals surface area contributed by atoms with E-state index in [-0.39, 0.29) is 25.5 Å². The summed E-state index contributed by atoms with van der Waals surface area (Å²) in [6, 6.07) is 0. The van der Waals surface area contributed by atoms with Crippen molar-refractivity contribution in [3.8, 4) is 0 Å². The third kappa shape index (κ3) is 8.81. The number of hydrogen-bond donors (Lipinski definition) is 3. The summed E-state index contributed by atoms with van der Waals surface area (Å²) < 4.78 is 0. The number of hydrogen-bond acceptors (Lipinski definition) is 3. The first kappa shape index (κ1) is 11.9. The number of rotatable bonds is 7. The second-order valence-corrected chi connectivity index (χ2v) is 2.57. The average Bonchev–Trinajstić information content (AvgIpc) is 2.08. The number of nitrogens with two attached hydrogens (primary N) is 1. The summed E-state index contributed by atoms with van der Waals surface area (Å²) in [6.07, 6.45) is 2.72. The van der Waals surface area contributed by atoms with Gasteiger partial charge in [0.05, 0.1) is 6.61 Å². The highest BCUT2D eigenvalue weighted by molar-refractivity contribution is 5.77. The molecule has 0 heterocycles. The monoisotopic (exact) mass is 187 g/mol.